The fraction of sp³-hybridized carbons (Fsp3) is 0.733. The number of hydrogen-bond acceptors (Lipinski definition) is 5. The second kappa shape index (κ2) is 8.04. The van der Waals surface area contributed by atoms with Gasteiger partial charge in [0.1, 0.15) is 0 Å². The summed E-state index contributed by atoms with van der Waals surface area (Å²) in [5.74, 6) is -1.00. The Bertz CT molecular complexity index is 339. The third kappa shape index (κ3) is 4.34. The first-order valence-electron chi connectivity index (χ1n) is 7.17. The molecule has 1 aliphatic heterocycles. The van der Waals surface area contributed by atoms with E-state index < -0.39 is 17.4 Å². The molecule has 0 bridgehead atoms. The molecular weight excluding hydrogens is 260 g/mol. The predicted molar refractivity (Wildman–Crippen MR) is 74.1 cm³/mol. The van der Waals surface area contributed by atoms with Gasteiger partial charge >= 0.3 is 11.9 Å². The van der Waals surface area contributed by atoms with Crippen LogP contribution < -0.4 is 0 Å². The SMILES string of the molecule is C/C=C/CCC(CC1CO1)(C(=O)OCC)C(=O)OCC. The van der Waals surface area contributed by atoms with Crippen molar-refractivity contribution in [2.24, 2.45) is 5.41 Å². The summed E-state index contributed by atoms with van der Waals surface area (Å²) < 4.78 is 15.4. The number of allylic oxidation sites excluding steroid dienone is 2. The van der Waals surface area contributed by atoms with Crippen molar-refractivity contribution in [1.82, 2.24) is 0 Å². The molecule has 0 saturated carbocycles. The second-order valence-corrected chi connectivity index (χ2v) is 4.79. The van der Waals surface area contributed by atoms with Crippen LogP contribution in [0, 0.1) is 5.41 Å². The molecular formula is C15H24O5. The van der Waals surface area contributed by atoms with Crippen LogP contribution in [-0.4, -0.2) is 37.9 Å². The summed E-state index contributed by atoms with van der Waals surface area (Å²) in [6, 6.07) is 0. The molecule has 1 rings (SSSR count). The third-order valence-corrected chi connectivity index (χ3v) is 3.28. The molecule has 0 spiro atoms. The van der Waals surface area contributed by atoms with E-state index in [-0.39, 0.29) is 19.3 Å². The molecule has 1 heterocycles. The molecule has 1 fully saturated rings. The van der Waals surface area contributed by atoms with Gasteiger partial charge in [0.15, 0.2) is 5.41 Å². The highest BCUT2D eigenvalue weighted by atomic mass is 16.6. The molecule has 1 aliphatic rings. The summed E-state index contributed by atoms with van der Waals surface area (Å²) in [7, 11) is 0. The fourth-order valence-corrected chi connectivity index (χ4v) is 2.17. The monoisotopic (exact) mass is 284 g/mol. The minimum absolute atomic E-state index is 0.0468. The molecule has 0 aromatic rings. The lowest BCUT2D eigenvalue weighted by Crippen LogP contribution is -2.43. The highest BCUT2D eigenvalue weighted by molar-refractivity contribution is 6.00. The van der Waals surface area contributed by atoms with Crippen LogP contribution in [0.25, 0.3) is 0 Å². The van der Waals surface area contributed by atoms with E-state index in [1.54, 1.807) is 13.8 Å². The van der Waals surface area contributed by atoms with Crippen LogP contribution in [0.2, 0.25) is 0 Å². The molecule has 1 atom stereocenters. The highest BCUT2D eigenvalue weighted by Gasteiger charge is 2.51. The van der Waals surface area contributed by atoms with E-state index in [1.165, 1.54) is 0 Å². The van der Waals surface area contributed by atoms with Gasteiger partial charge in [-0.25, -0.2) is 0 Å². The lowest BCUT2D eigenvalue weighted by molar-refractivity contribution is -0.173. The van der Waals surface area contributed by atoms with Crippen molar-refractivity contribution in [3.05, 3.63) is 12.2 Å². The van der Waals surface area contributed by atoms with Gasteiger partial charge in [-0.2, -0.15) is 0 Å². The van der Waals surface area contributed by atoms with Gasteiger partial charge in [0.2, 0.25) is 0 Å². The summed E-state index contributed by atoms with van der Waals surface area (Å²) in [5, 5.41) is 0. The predicted octanol–water partition coefficient (Wildman–Crippen LogP) is 2.24. The van der Waals surface area contributed by atoms with Gasteiger partial charge in [0, 0.05) is 6.42 Å². The standard InChI is InChI=1S/C15H24O5/c1-4-7-8-9-15(10-12-11-20-12,13(16)18-5-2)14(17)19-6-3/h4,7,12H,5-6,8-11H2,1-3H3/b7-4+. The van der Waals surface area contributed by atoms with E-state index in [4.69, 9.17) is 14.2 Å². The summed E-state index contributed by atoms with van der Waals surface area (Å²) in [6.07, 6.45) is 5.13. The molecule has 1 unspecified atom stereocenters. The van der Waals surface area contributed by atoms with Crippen LogP contribution in [0.5, 0.6) is 0 Å². The van der Waals surface area contributed by atoms with Gasteiger partial charge in [0.25, 0.3) is 0 Å². The first-order chi connectivity index (χ1) is 9.60. The zero-order chi connectivity index (χ0) is 15.0. The van der Waals surface area contributed by atoms with Crippen molar-refractivity contribution < 1.29 is 23.8 Å². The number of carbonyl (C=O) groups is 2. The van der Waals surface area contributed by atoms with Gasteiger partial charge in [-0.05, 0) is 33.6 Å². The molecule has 0 aliphatic carbocycles. The smallest absolute Gasteiger partial charge is 0.323 e. The molecule has 0 aromatic heterocycles. The van der Waals surface area contributed by atoms with Gasteiger partial charge in [0.05, 0.1) is 25.9 Å². The Morgan fingerprint density at radius 1 is 1.25 bits per heavy atom. The van der Waals surface area contributed by atoms with Crippen molar-refractivity contribution in [3.8, 4) is 0 Å². The maximum absolute atomic E-state index is 12.3. The molecule has 20 heavy (non-hydrogen) atoms. The van der Waals surface area contributed by atoms with Crippen molar-refractivity contribution in [2.75, 3.05) is 19.8 Å². The average Bonchev–Trinajstić information content (AvgIpc) is 3.22. The van der Waals surface area contributed by atoms with E-state index in [0.29, 0.717) is 25.9 Å². The van der Waals surface area contributed by atoms with E-state index in [9.17, 15) is 9.59 Å². The van der Waals surface area contributed by atoms with E-state index in [2.05, 4.69) is 0 Å². The second-order valence-electron chi connectivity index (χ2n) is 4.79. The zero-order valence-electron chi connectivity index (χ0n) is 12.5. The Morgan fingerprint density at radius 3 is 2.20 bits per heavy atom. The Kier molecular flexibility index (Phi) is 6.71. The zero-order valence-corrected chi connectivity index (χ0v) is 12.5. The van der Waals surface area contributed by atoms with Gasteiger partial charge in [-0.1, -0.05) is 12.2 Å². The highest BCUT2D eigenvalue weighted by Crippen LogP contribution is 2.37. The Labute approximate surface area is 120 Å². The summed E-state index contributed by atoms with van der Waals surface area (Å²) in [4.78, 5) is 24.7. The molecule has 114 valence electrons. The van der Waals surface area contributed by atoms with Crippen LogP contribution in [0.3, 0.4) is 0 Å². The fourth-order valence-electron chi connectivity index (χ4n) is 2.17. The average molecular weight is 284 g/mol. The van der Waals surface area contributed by atoms with Crippen molar-refractivity contribution >= 4 is 11.9 Å². The van der Waals surface area contributed by atoms with Gasteiger partial charge < -0.3 is 14.2 Å². The number of ether oxygens (including phenoxy) is 3. The van der Waals surface area contributed by atoms with Crippen LogP contribution in [0.15, 0.2) is 12.2 Å². The summed E-state index contributed by atoms with van der Waals surface area (Å²) >= 11 is 0. The van der Waals surface area contributed by atoms with Gasteiger partial charge in [-0.3, -0.25) is 9.59 Å². The molecule has 1 saturated heterocycles. The lowest BCUT2D eigenvalue weighted by Gasteiger charge is -2.28. The minimum atomic E-state index is -1.24. The Balaban J connectivity index is 2.94. The van der Waals surface area contributed by atoms with Crippen LogP contribution in [0.4, 0.5) is 0 Å². The van der Waals surface area contributed by atoms with Crippen molar-refractivity contribution in [3.63, 3.8) is 0 Å². The maximum Gasteiger partial charge on any atom is 0.323 e. The minimum Gasteiger partial charge on any atom is -0.465 e. The number of esters is 2. The Morgan fingerprint density at radius 2 is 1.80 bits per heavy atom. The Hall–Kier alpha value is -1.36. The number of epoxide rings is 1. The van der Waals surface area contributed by atoms with Gasteiger partial charge in [-0.15, -0.1) is 0 Å². The number of rotatable bonds is 9. The first kappa shape index (κ1) is 16.7. The largest absolute Gasteiger partial charge is 0.465 e. The molecule has 0 N–H and O–H groups in total. The van der Waals surface area contributed by atoms with Crippen molar-refractivity contribution in [1.29, 1.82) is 0 Å². The van der Waals surface area contributed by atoms with Crippen LogP contribution in [-0.2, 0) is 23.8 Å². The van der Waals surface area contributed by atoms with Crippen LogP contribution in [0.1, 0.15) is 40.0 Å². The van der Waals surface area contributed by atoms with Crippen LogP contribution >= 0.6 is 0 Å². The van der Waals surface area contributed by atoms with E-state index in [1.807, 2.05) is 19.1 Å². The number of hydrogen-bond donors (Lipinski definition) is 0. The molecule has 5 nitrogen and oxygen atoms in total. The number of carbonyl (C=O) groups excluding carboxylic acids is 2. The van der Waals surface area contributed by atoms with E-state index >= 15 is 0 Å². The quantitative estimate of drug-likeness (QED) is 0.281. The molecule has 0 aromatic carbocycles. The topological polar surface area (TPSA) is 65.1 Å². The maximum atomic E-state index is 12.3. The summed E-state index contributed by atoms with van der Waals surface area (Å²) in [5.41, 5.74) is -1.24. The molecule has 0 amide bonds. The normalized spacial score (nSPS) is 18.1. The first-order valence-corrected chi connectivity index (χ1v) is 7.17. The third-order valence-electron chi connectivity index (χ3n) is 3.28. The molecule has 0 radical (unpaired) electrons. The van der Waals surface area contributed by atoms with E-state index in [0.717, 1.165) is 0 Å². The van der Waals surface area contributed by atoms with Crippen molar-refractivity contribution in [2.45, 2.75) is 46.1 Å². The summed E-state index contributed by atoms with van der Waals surface area (Å²) in [6.45, 7) is 6.44. The molecule has 5 heteroatoms. The lowest BCUT2D eigenvalue weighted by atomic mass is 9.78.